The van der Waals surface area contributed by atoms with Crippen LogP contribution < -0.4 is 10.6 Å². The standard InChI is InChI=1S/2C37H70N2O11/c2*1-14-27-35(8,43)17-21(3)38-19-20(2)16-36(9,44)32(50-34-29(40)26(39(11)12)15-22(4)46-34)23(5)30(24(6)33(42)48-27)49-28-18-37(10,45-13)31(41)25(7)47-28/h2*20-32,34,38,40-41,43-44H,14-19H2,1-13H3/t20-,21+,22-,23+,24-,25+,26+,27-,28+,29-,30+,31+,32-,34+,35+,36+,37-;20-,21-,22+,23-,24+,25-,26-,27+,28-,29+,30-,31-,32+,34-,35-,36-,37+/m10/s1. The molecule has 100 heavy (non-hydrogen) atoms. The van der Waals surface area contributed by atoms with E-state index in [1.54, 1.807) is 69.2 Å². The molecule has 26 nitrogen and oxygen atoms in total. The van der Waals surface area contributed by atoms with Crippen molar-refractivity contribution in [2.75, 3.05) is 55.5 Å². The molecule has 0 unspecified atom stereocenters. The first-order valence-corrected chi connectivity index (χ1v) is 37.3. The number of hydrogen-bond acceptors (Lipinski definition) is 26. The lowest BCUT2D eigenvalue weighted by molar-refractivity contribution is -0.318. The number of esters is 2. The zero-order valence-electron chi connectivity index (χ0n) is 65.8. The van der Waals surface area contributed by atoms with Crippen LogP contribution in [-0.2, 0) is 66.4 Å². The molecule has 0 aromatic rings. The summed E-state index contributed by atoms with van der Waals surface area (Å²) < 4.78 is 75.1. The van der Waals surface area contributed by atoms with Crippen molar-refractivity contribution in [1.29, 1.82) is 0 Å². The number of carbonyl (C=O) groups is 2. The van der Waals surface area contributed by atoms with Crippen LogP contribution in [0.1, 0.15) is 203 Å². The van der Waals surface area contributed by atoms with E-state index in [0.29, 0.717) is 64.5 Å². The molecule has 6 fully saturated rings. The van der Waals surface area contributed by atoms with Gasteiger partial charge in [0.2, 0.25) is 0 Å². The van der Waals surface area contributed by atoms with Gasteiger partial charge in [0, 0.05) is 63.1 Å². The van der Waals surface area contributed by atoms with Crippen LogP contribution in [-0.4, -0.2) is 286 Å². The van der Waals surface area contributed by atoms with Crippen molar-refractivity contribution in [2.24, 2.45) is 35.5 Å². The molecule has 0 aliphatic carbocycles. The highest BCUT2D eigenvalue weighted by Crippen LogP contribution is 2.43. The summed E-state index contributed by atoms with van der Waals surface area (Å²) >= 11 is 0. The minimum atomic E-state index is -1.48. The highest BCUT2D eigenvalue weighted by molar-refractivity contribution is 5.73. The predicted molar refractivity (Wildman–Crippen MR) is 376 cm³/mol. The van der Waals surface area contributed by atoms with Gasteiger partial charge in [-0.05, 0) is 201 Å². The first kappa shape index (κ1) is 88.7. The minimum absolute atomic E-state index is 0.0328. The van der Waals surface area contributed by atoms with Crippen LogP contribution >= 0.6 is 0 Å². The fourth-order valence-electron chi connectivity index (χ4n) is 16.9. The van der Waals surface area contributed by atoms with Gasteiger partial charge in [-0.15, -0.1) is 0 Å². The third-order valence-electron chi connectivity index (χ3n) is 22.9. The van der Waals surface area contributed by atoms with Crippen molar-refractivity contribution in [1.82, 2.24) is 20.4 Å². The van der Waals surface area contributed by atoms with Gasteiger partial charge in [0.1, 0.15) is 47.8 Å². The maximum Gasteiger partial charge on any atom is 0.311 e. The van der Waals surface area contributed by atoms with Crippen molar-refractivity contribution in [3.8, 4) is 0 Å². The average Bonchev–Trinajstić information content (AvgIpc) is 0.875. The Balaban J connectivity index is 0.000000361. The molecule has 0 saturated carbocycles. The SMILES string of the molecule is CC[C@H]1OC(=O)[C@H](C)[C@@H](O[C@H]2C[C@@](C)(OC)[C@@H](O)[C@H](C)O2)[C@H](C)[C@@H](O[C@@H]2O[C@H](C)C[C@H](N(C)C)[C@H]2O)[C@@](C)(O)C[C@@H](C)CN[C@@H](C)C[C@]1(C)O.CC[C@H]1OC(=O)[C@H](C)[C@@H](O[C@H]2C[C@@](C)(OC)[C@@H](O)[C@H](C)O2)[C@H](C)[C@@H](O[C@@H]2O[C@H](C)C[C@H](N(C)C)[C@H]2O)[C@@](C)(O)C[C@H](C)CN[C@@H](C)C[C@]1(C)O. The third-order valence-corrected chi connectivity index (χ3v) is 22.9. The number of cyclic esters (lactones) is 2. The highest BCUT2D eigenvalue weighted by Gasteiger charge is 2.55. The fraction of sp³-hybridized carbons (Fsp3) is 0.973. The Morgan fingerprint density at radius 3 is 1.08 bits per heavy atom. The Bertz CT molecular complexity index is 2320. The molecule has 0 aromatic carbocycles. The minimum Gasteiger partial charge on any atom is -0.459 e. The van der Waals surface area contributed by atoms with Crippen LogP contribution in [0.5, 0.6) is 0 Å². The van der Waals surface area contributed by atoms with Crippen molar-refractivity contribution in [2.45, 2.75) is 371 Å². The van der Waals surface area contributed by atoms with E-state index in [9.17, 15) is 50.4 Å². The Morgan fingerprint density at radius 2 is 0.790 bits per heavy atom. The van der Waals surface area contributed by atoms with Gasteiger partial charge in [0.15, 0.2) is 25.2 Å². The summed E-state index contributed by atoms with van der Waals surface area (Å²) in [4.78, 5) is 32.1. The number of aliphatic hydroxyl groups is 8. The summed E-state index contributed by atoms with van der Waals surface area (Å²) in [5.74, 6) is -4.44. The van der Waals surface area contributed by atoms with Crippen molar-refractivity contribution >= 4 is 11.9 Å². The molecule has 588 valence electrons. The van der Waals surface area contributed by atoms with E-state index in [2.05, 4.69) is 10.6 Å². The molecule has 0 aromatic heterocycles. The molecular formula is C74H140N4O22. The van der Waals surface area contributed by atoms with Gasteiger partial charge in [0.25, 0.3) is 0 Å². The zero-order chi connectivity index (χ0) is 75.9. The Labute approximate surface area is 599 Å². The molecule has 0 spiro atoms. The van der Waals surface area contributed by atoms with Gasteiger partial charge in [0.05, 0.1) is 83.1 Å². The summed E-state index contributed by atoms with van der Waals surface area (Å²) in [7, 11) is 10.6. The van der Waals surface area contributed by atoms with E-state index in [4.69, 9.17) is 56.8 Å². The molecule has 6 rings (SSSR count). The van der Waals surface area contributed by atoms with Crippen LogP contribution in [0.15, 0.2) is 0 Å². The first-order valence-electron chi connectivity index (χ1n) is 37.3. The molecule has 0 radical (unpaired) electrons. The van der Waals surface area contributed by atoms with Gasteiger partial charge >= 0.3 is 11.9 Å². The molecule has 0 amide bonds. The van der Waals surface area contributed by atoms with Gasteiger partial charge in [-0.2, -0.15) is 0 Å². The van der Waals surface area contributed by atoms with Crippen molar-refractivity contribution in [3.63, 3.8) is 0 Å². The number of ether oxygens (including phenoxy) is 12. The lowest BCUT2D eigenvalue weighted by Crippen LogP contribution is -2.60. The summed E-state index contributed by atoms with van der Waals surface area (Å²) in [5.41, 5.74) is -7.57. The van der Waals surface area contributed by atoms with E-state index >= 15 is 0 Å². The number of nitrogens with one attached hydrogen (secondary N) is 2. The Kier molecular flexibility index (Phi) is 32.6. The number of hydrogen-bond donors (Lipinski definition) is 10. The average molecular weight is 1440 g/mol. The van der Waals surface area contributed by atoms with Crippen LogP contribution in [0.4, 0.5) is 0 Å². The smallest absolute Gasteiger partial charge is 0.311 e. The van der Waals surface area contributed by atoms with E-state index in [-0.39, 0.29) is 61.1 Å². The second-order valence-corrected chi connectivity index (χ2v) is 33.4. The largest absolute Gasteiger partial charge is 0.459 e. The second kappa shape index (κ2) is 36.8. The predicted octanol–water partition coefficient (Wildman–Crippen LogP) is 5.18. The molecule has 6 heterocycles. The van der Waals surface area contributed by atoms with Crippen LogP contribution in [0, 0.1) is 35.5 Å². The maximum absolute atomic E-state index is 14.1. The second-order valence-electron chi connectivity index (χ2n) is 33.4. The molecule has 26 heteroatoms. The lowest BCUT2D eigenvalue weighted by Gasteiger charge is -2.48. The molecular weight excluding hydrogens is 1300 g/mol. The van der Waals surface area contributed by atoms with Crippen LogP contribution in [0.3, 0.4) is 0 Å². The highest BCUT2D eigenvalue weighted by atomic mass is 16.7. The number of aliphatic hydroxyl groups excluding tert-OH is 4. The molecule has 34 atom stereocenters. The third kappa shape index (κ3) is 22.6. The van der Waals surface area contributed by atoms with E-state index < -0.39 is 168 Å². The summed E-state index contributed by atoms with van der Waals surface area (Å²) in [6, 6.07) is -0.710. The molecule has 6 saturated heterocycles. The van der Waals surface area contributed by atoms with Gasteiger partial charge in [-0.1, -0.05) is 41.5 Å². The normalized spacial score (nSPS) is 49.2. The summed E-state index contributed by atoms with van der Waals surface area (Å²) in [6.45, 7) is 37.7. The number of carbonyl (C=O) groups excluding carboxylic acids is 2. The molecule has 6 aliphatic rings. The topological polar surface area (TPSA) is 337 Å². The quantitative estimate of drug-likeness (QED) is 0.100. The van der Waals surface area contributed by atoms with Crippen molar-refractivity contribution < 1.29 is 107 Å². The number of likely N-dealkylation sites (N-methyl/N-ethyl adjacent to an activating group) is 2. The number of methoxy groups -OCH3 is 2. The first-order chi connectivity index (χ1) is 46.1. The van der Waals surface area contributed by atoms with E-state index in [1.807, 2.05) is 107 Å². The molecule has 0 bridgehead atoms. The van der Waals surface area contributed by atoms with Crippen LogP contribution in [0.25, 0.3) is 0 Å². The Morgan fingerprint density at radius 1 is 0.470 bits per heavy atom. The lowest BCUT2D eigenvalue weighted by atomic mass is 9.77. The Hall–Kier alpha value is -1.94. The van der Waals surface area contributed by atoms with Crippen molar-refractivity contribution in [3.05, 3.63) is 0 Å². The maximum atomic E-state index is 14.1. The van der Waals surface area contributed by atoms with Gasteiger partial charge < -0.3 is 118 Å². The number of rotatable bonds is 14. The molecule has 10 N–H and O–H groups in total. The van der Waals surface area contributed by atoms with E-state index in [0.717, 1.165) is 0 Å². The van der Waals surface area contributed by atoms with Gasteiger partial charge in [-0.3, -0.25) is 9.59 Å². The summed E-state index contributed by atoms with van der Waals surface area (Å²) in [5, 5.41) is 99.7. The van der Waals surface area contributed by atoms with Gasteiger partial charge in [-0.25, -0.2) is 0 Å². The van der Waals surface area contributed by atoms with E-state index in [1.165, 1.54) is 14.2 Å². The summed E-state index contributed by atoms with van der Waals surface area (Å²) in [6.07, 6.45) is -11.4. The fourth-order valence-corrected chi connectivity index (χ4v) is 16.9. The number of nitrogens with zero attached hydrogens (tertiary/aromatic N) is 2. The monoisotopic (exact) mass is 1440 g/mol. The van der Waals surface area contributed by atoms with Crippen LogP contribution in [0.2, 0.25) is 0 Å². The molecule has 6 aliphatic heterocycles. The zero-order valence-corrected chi connectivity index (χ0v) is 65.8.